The van der Waals surface area contributed by atoms with Crippen LogP contribution in [0.2, 0.25) is 0 Å². The van der Waals surface area contributed by atoms with Crippen molar-refractivity contribution < 1.29 is 19.1 Å². The molecule has 0 radical (unpaired) electrons. The largest absolute Gasteiger partial charge is 0.463 e. The number of rotatable bonds is 4. The third-order valence-corrected chi connectivity index (χ3v) is 2.62. The average Bonchev–Trinajstić information content (AvgIpc) is 2.74. The van der Waals surface area contributed by atoms with Crippen LogP contribution in [0.5, 0.6) is 0 Å². The minimum atomic E-state index is -0.696. The molecule has 1 atom stereocenters. The Kier molecular flexibility index (Phi) is 3.75. The van der Waals surface area contributed by atoms with Crippen molar-refractivity contribution in [3.63, 3.8) is 0 Å². The summed E-state index contributed by atoms with van der Waals surface area (Å²) in [4.78, 5) is 22.6. The van der Waals surface area contributed by atoms with Crippen molar-refractivity contribution in [3.8, 4) is 0 Å². The third kappa shape index (κ3) is 3.31. The Hall–Kier alpha value is -1.84. The lowest BCUT2D eigenvalue weighted by Gasteiger charge is -2.07. The van der Waals surface area contributed by atoms with Gasteiger partial charge in [-0.25, -0.2) is 4.79 Å². The highest BCUT2D eigenvalue weighted by atomic mass is 16.6. The zero-order valence-corrected chi connectivity index (χ0v) is 9.43. The zero-order valence-electron chi connectivity index (χ0n) is 9.43. The summed E-state index contributed by atoms with van der Waals surface area (Å²) < 4.78 is 9.74. The topological polar surface area (TPSA) is 52.6 Å². The number of cyclic esters (lactones) is 1. The van der Waals surface area contributed by atoms with Crippen molar-refractivity contribution >= 4 is 11.9 Å². The van der Waals surface area contributed by atoms with Gasteiger partial charge in [0.2, 0.25) is 6.10 Å². The summed E-state index contributed by atoms with van der Waals surface area (Å²) in [5.41, 5.74) is 1.08. The van der Waals surface area contributed by atoms with E-state index in [1.165, 1.54) is 0 Å². The first-order valence-electron chi connectivity index (χ1n) is 5.66. The van der Waals surface area contributed by atoms with E-state index >= 15 is 0 Å². The average molecular weight is 234 g/mol. The van der Waals surface area contributed by atoms with Crippen LogP contribution >= 0.6 is 0 Å². The van der Waals surface area contributed by atoms with Crippen LogP contribution in [-0.2, 0) is 25.5 Å². The van der Waals surface area contributed by atoms with Crippen molar-refractivity contribution in [2.45, 2.75) is 25.4 Å². The number of hydrogen-bond acceptors (Lipinski definition) is 4. The number of ether oxygens (including phenoxy) is 2. The summed E-state index contributed by atoms with van der Waals surface area (Å²) in [6.45, 7) is 0.343. The molecule has 0 saturated carbocycles. The number of carbonyl (C=O) groups is 2. The van der Waals surface area contributed by atoms with Crippen molar-refractivity contribution in [1.82, 2.24) is 0 Å². The van der Waals surface area contributed by atoms with Crippen LogP contribution in [0.3, 0.4) is 0 Å². The number of benzene rings is 1. The fraction of sp³-hybridized carbons (Fsp3) is 0.385. The Labute approximate surface area is 99.5 Å². The fourth-order valence-corrected chi connectivity index (χ4v) is 1.69. The van der Waals surface area contributed by atoms with E-state index in [1.54, 1.807) is 0 Å². The minimum absolute atomic E-state index is 0.286. The maximum atomic E-state index is 11.5. The lowest BCUT2D eigenvalue weighted by molar-refractivity contribution is -0.160. The first kappa shape index (κ1) is 11.6. The second kappa shape index (κ2) is 5.48. The maximum Gasteiger partial charge on any atom is 0.347 e. The molecule has 1 saturated heterocycles. The summed E-state index contributed by atoms with van der Waals surface area (Å²) >= 11 is 0. The molecule has 1 aliphatic heterocycles. The van der Waals surface area contributed by atoms with Gasteiger partial charge in [-0.2, -0.15) is 0 Å². The van der Waals surface area contributed by atoms with E-state index in [1.807, 2.05) is 30.3 Å². The van der Waals surface area contributed by atoms with Gasteiger partial charge in [0.1, 0.15) is 0 Å². The van der Waals surface area contributed by atoms with E-state index in [-0.39, 0.29) is 12.4 Å². The Morgan fingerprint density at radius 3 is 2.76 bits per heavy atom. The van der Waals surface area contributed by atoms with E-state index in [4.69, 9.17) is 9.47 Å². The number of esters is 2. The molecule has 0 amide bonds. The van der Waals surface area contributed by atoms with Gasteiger partial charge < -0.3 is 9.47 Å². The van der Waals surface area contributed by atoms with Gasteiger partial charge >= 0.3 is 11.9 Å². The number of aryl methyl sites for hydroxylation is 1. The van der Waals surface area contributed by atoms with Crippen molar-refractivity contribution in [2.75, 3.05) is 6.61 Å². The van der Waals surface area contributed by atoms with Gasteiger partial charge in [0.05, 0.1) is 6.61 Å². The molecular weight excluding hydrogens is 220 g/mol. The molecule has 0 bridgehead atoms. The third-order valence-electron chi connectivity index (χ3n) is 2.62. The summed E-state index contributed by atoms with van der Waals surface area (Å²) in [6, 6.07) is 9.69. The van der Waals surface area contributed by atoms with Gasteiger partial charge in [-0.05, 0) is 12.0 Å². The van der Waals surface area contributed by atoms with Crippen molar-refractivity contribution in [2.24, 2.45) is 0 Å². The highest BCUT2D eigenvalue weighted by molar-refractivity contribution is 5.80. The molecule has 90 valence electrons. The smallest absolute Gasteiger partial charge is 0.347 e. The predicted octanol–water partition coefficient (Wildman–Crippen LogP) is 1.48. The predicted molar refractivity (Wildman–Crippen MR) is 60.2 cm³/mol. The molecule has 1 aromatic carbocycles. The van der Waals surface area contributed by atoms with E-state index in [0.29, 0.717) is 19.4 Å². The fourth-order valence-electron chi connectivity index (χ4n) is 1.69. The lowest BCUT2D eigenvalue weighted by Crippen LogP contribution is -2.22. The van der Waals surface area contributed by atoms with E-state index in [2.05, 4.69) is 0 Å². The van der Waals surface area contributed by atoms with Crippen LogP contribution in [-0.4, -0.2) is 24.6 Å². The first-order valence-corrected chi connectivity index (χ1v) is 5.66. The monoisotopic (exact) mass is 234 g/mol. The summed E-state index contributed by atoms with van der Waals surface area (Å²) in [5, 5.41) is 0. The van der Waals surface area contributed by atoms with E-state index in [9.17, 15) is 9.59 Å². The zero-order chi connectivity index (χ0) is 12.1. The molecular formula is C13H14O4. The van der Waals surface area contributed by atoms with Crippen LogP contribution in [0.25, 0.3) is 0 Å². The quantitative estimate of drug-likeness (QED) is 0.740. The Balaban J connectivity index is 1.76. The van der Waals surface area contributed by atoms with Crippen LogP contribution in [0, 0.1) is 0 Å². The molecule has 0 N–H and O–H groups in total. The van der Waals surface area contributed by atoms with Gasteiger partial charge in [-0.1, -0.05) is 30.3 Å². The molecule has 4 nitrogen and oxygen atoms in total. The molecule has 0 aliphatic carbocycles. The van der Waals surface area contributed by atoms with Crippen molar-refractivity contribution in [3.05, 3.63) is 35.9 Å². The molecule has 1 fully saturated rings. The molecule has 2 rings (SSSR count). The molecule has 1 aromatic rings. The minimum Gasteiger partial charge on any atom is -0.463 e. The highest BCUT2D eigenvalue weighted by Crippen LogP contribution is 2.12. The molecule has 1 heterocycles. The molecule has 0 spiro atoms. The number of hydrogen-bond donors (Lipinski definition) is 0. The molecule has 1 aliphatic rings. The van der Waals surface area contributed by atoms with Gasteiger partial charge in [-0.3, -0.25) is 4.79 Å². The normalized spacial score (nSPS) is 18.8. The maximum absolute atomic E-state index is 11.5. The van der Waals surface area contributed by atoms with Crippen LogP contribution in [0.15, 0.2) is 30.3 Å². The summed E-state index contributed by atoms with van der Waals surface area (Å²) in [5.74, 6) is -0.782. The lowest BCUT2D eigenvalue weighted by atomic mass is 10.1. The second-order valence-corrected chi connectivity index (χ2v) is 3.92. The summed E-state index contributed by atoms with van der Waals surface area (Å²) in [6.07, 6.45) is 0.684. The van der Waals surface area contributed by atoms with Crippen molar-refractivity contribution in [1.29, 1.82) is 0 Å². The molecule has 1 unspecified atom stereocenters. The Bertz CT molecular complexity index is 399. The van der Waals surface area contributed by atoms with Gasteiger partial charge in [0.15, 0.2) is 0 Å². The van der Waals surface area contributed by atoms with Gasteiger partial charge in [0, 0.05) is 12.8 Å². The van der Waals surface area contributed by atoms with E-state index < -0.39 is 12.1 Å². The SMILES string of the molecule is O=C(CCc1ccccc1)OC1CCOC1=O. The van der Waals surface area contributed by atoms with Crippen LogP contribution in [0.4, 0.5) is 0 Å². The van der Waals surface area contributed by atoms with Gasteiger partial charge in [0.25, 0.3) is 0 Å². The highest BCUT2D eigenvalue weighted by Gasteiger charge is 2.29. The first-order chi connectivity index (χ1) is 8.25. The standard InChI is InChI=1S/C13H14O4/c14-12(17-11-8-9-16-13(11)15)7-6-10-4-2-1-3-5-10/h1-5,11H,6-9H2. The molecule has 17 heavy (non-hydrogen) atoms. The van der Waals surface area contributed by atoms with Gasteiger partial charge in [-0.15, -0.1) is 0 Å². The molecule has 0 aromatic heterocycles. The molecule has 4 heteroatoms. The number of carbonyl (C=O) groups excluding carboxylic acids is 2. The summed E-state index contributed by atoms with van der Waals surface area (Å²) in [7, 11) is 0. The van der Waals surface area contributed by atoms with E-state index in [0.717, 1.165) is 5.56 Å². The second-order valence-electron chi connectivity index (χ2n) is 3.92. The Morgan fingerprint density at radius 2 is 2.12 bits per heavy atom. The van der Waals surface area contributed by atoms with Crippen LogP contribution < -0.4 is 0 Å². The van der Waals surface area contributed by atoms with Crippen LogP contribution in [0.1, 0.15) is 18.4 Å². The Morgan fingerprint density at radius 1 is 1.35 bits per heavy atom.